The first-order valence-corrected chi connectivity index (χ1v) is 4.07. The van der Waals surface area contributed by atoms with Crippen LogP contribution in [-0.4, -0.2) is 9.55 Å². The summed E-state index contributed by atoms with van der Waals surface area (Å²) < 4.78 is 2.72. The number of aromatic nitrogens is 2. The van der Waals surface area contributed by atoms with Crippen LogP contribution in [0.5, 0.6) is 0 Å². The number of hydrogen-bond donors (Lipinski definition) is 1. The topological polar surface area (TPSA) is 41.7 Å². The van der Waals surface area contributed by atoms with E-state index in [1.807, 2.05) is 20.9 Å². The molecule has 1 aromatic heterocycles. The van der Waals surface area contributed by atoms with E-state index in [0.29, 0.717) is 5.62 Å². The van der Waals surface area contributed by atoms with Gasteiger partial charge in [0.2, 0.25) is 5.62 Å². The molecule has 0 spiro atoms. The SMILES string of the molecule is Cc1nc(=N)n(C)c(C)c1Br. The van der Waals surface area contributed by atoms with Crippen LogP contribution in [-0.2, 0) is 7.05 Å². The zero-order valence-electron chi connectivity index (χ0n) is 6.77. The molecular weight excluding hydrogens is 206 g/mol. The van der Waals surface area contributed by atoms with Crippen molar-refractivity contribution in [2.45, 2.75) is 13.8 Å². The third kappa shape index (κ3) is 1.35. The zero-order chi connectivity index (χ0) is 8.59. The van der Waals surface area contributed by atoms with Crippen LogP contribution in [0.3, 0.4) is 0 Å². The van der Waals surface area contributed by atoms with Gasteiger partial charge in [0.25, 0.3) is 0 Å². The van der Waals surface area contributed by atoms with E-state index < -0.39 is 0 Å². The fourth-order valence-electron chi connectivity index (χ4n) is 0.851. The monoisotopic (exact) mass is 215 g/mol. The molecule has 0 atom stereocenters. The highest BCUT2D eigenvalue weighted by atomic mass is 79.9. The first kappa shape index (κ1) is 8.46. The summed E-state index contributed by atoms with van der Waals surface area (Å²) in [5, 5.41) is 7.43. The minimum atomic E-state index is 0.295. The molecule has 4 heteroatoms. The van der Waals surface area contributed by atoms with Crippen molar-refractivity contribution < 1.29 is 0 Å². The van der Waals surface area contributed by atoms with E-state index >= 15 is 0 Å². The average Bonchev–Trinajstić information content (AvgIpc) is 1.97. The second kappa shape index (κ2) is 2.77. The normalized spacial score (nSPS) is 10.2. The van der Waals surface area contributed by atoms with Crippen molar-refractivity contribution in [3.8, 4) is 0 Å². The number of hydrogen-bond acceptors (Lipinski definition) is 2. The van der Waals surface area contributed by atoms with Crippen LogP contribution in [0.4, 0.5) is 0 Å². The minimum Gasteiger partial charge on any atom is -0.317 e. The Labute approximate surface area is 73.7 Å². The summed E-state index contributed by atoms with van der Waals surface area (Å²) in [5.41, 5.74) is 2.19. The van der Waals surface area contributed by atoms with Gasteiger partial charge in [0.05, 0.1) is 10.2 Å². The summed E-state index contributed by atoms with van der Waals surface area (Å²) in [6.45, 7) is 3.84. The Morgan fingerprint density at radius 1 is 1.45 bits per heavy atom. The highest BCUT2D eigenvalue weighted by Crippen LogP contribution is 2.15. The maximum Gasteiger partial charge on any atom is 0.222 e. The fourth-order valence-corrected chi connectivity index (χ4v) is 1.21. The third-order valence-electron chi connectivity index (χ3n) is 1.73. The van der Waals surface area contributed by atoms with Crippen LogP contribution in [0.2, 0.25) is 0 Å². The molecule has 0 aliphatic heterocycles. The standard InChI is InChI=1S/C7H10BrN3/c1-4-6(8)5(2)11(3)7(9)10-4/h9H,1-3H3. The molecule has 0 bridgehead atoms. The number of rotatable bonds is 0. The molecular formula is C7H10BrN3. The Morgan fingerprint density at radius 2 is 2.00 bits per heavy atom. The van der Waals surface area contributed by atoms with E-state index in [0.717, 1.165) is 15.9 Å². The quantitative estimate of drug-likeness (QED) is 0.697. The van der Waals surface area contributed by atoms with Gasteiger partial charge in [0, 0.05) is 12.7 Å². The molecule has 0 radical (unpaired) electrons. The number of nitrogens with one attached hydrogen (secondary N) is 1. The zero-order valence-corrected chi connectivity index (χ0v) is 8.36. The van der Waals surface area contributed by atoms with Crippen molar-refractivity contribution in [3.63, 3.8) is 0 Å². The van der Waals surface area contributed by atoms with Gasteiger partial charge in [-0.25, -0.2) is 4.98 Å². The van der Waals surface area contributed by atoms with Crippen molar-refractivity contribution in [2.75, 3.05) is 0 Å². The van der Waals surface area contributed by atoms with E-state index in [4.69, 9.17) is 5.41 Å². The highest BCUT2D eigenvalue weighted by molar-refractivity contribution is 9.10. The molecule has 60 valence electrons. The van der Waals surface area contributed by atoms with Crippen LogP contribution in [0.1, 0.15) is 11.4 Å². The average molecular weight is 216 g/mol. The molecule has 0 saturated heterocycles. The minimum absolute atomic E-state index is 0.295. The Bertz CT molecular complexity index is 340. The summed E-state index contributed by atoms with van der Waals surface area (Å²) in [6, 6.07) is 0. The molecule has 1 aromatic rings. The Balaban J connectivity index is 3.59. The van der Waals surface area contributed by atoms with Crippen molar-refractivity contribution >= 4 is 15.9 Å². The van der Waals surface area contributed by atoms with Crippen molar-refractivity contribution in [3.05, 3.63) is 21.5 Å². The predicted octanol–water partition coefficient (Wildman–Crippen LogP) is 1.28. The van der Waals surface area contributed by atoms with E-state index in [9.17, 15) is 0 Å². The lowest BCUT2D eigenvalue weighted by Gasteiger charge is -2.07. The molecule has 0 fully saturated rings. The molecule has 1 heterocycles. The Hall–Kier alpha value is -0.640. The molecule has 0 aliphatic carbocycles. The summed E-state index contributed by atoms with van der Waals surface area (Å²) in [4.78, 5) is 4.02. The molecule has 1 N–H and O–H groups in total. The van der Waals surface area contributed by atoms with Crippen molar-refractivity contribution in [1.29, 1.82) is 5.41 Å². The van der Waals surface area contributed by atoms with Gasteiger partial charge in [-0.2, -0.15) is 0 Å². The van der Waals surface area contributed by atoms with Gasteiger partial charge in [0.15, 0.2) is 0 Å². The second-order valence-corrected chi connectivity index (χ2v) is 3.27. The van der Waals surface area contributed by atoms with E-state index in [-0.39, 0.29) is 0 Å². The van der Waals surface area contributed by atoms with Crippen molar-refractivity contribution in [1.82, 2.24) is 9.55 Å². The lowest BCUT2D eigenvalue weighted by atomic mass is 10.3. The fraction of sp³-hybridized carbons (Fsp3) is 0.429. The summed E-state index contributed by atoms with van der Waals surface area (Å²) in [6.07, 6.45) is 0. The highest BCUT2D eigenvalue weighted by Gasteiger charge is 2.02. The summed E-state index contributed by atoms with van der Waals surface area (Å²) in [7, 11) is 1.83. The summed E-state index contributed by atoms with van der Waals surface area (Å²) in [5.74, 6) is 0. The maximum atomic E-state index is 7.43. The van der Waals surface area contributed by atoms with Crippen LogP contribution in [0, 0.1) is 19.3 Å². The van der Waals surface area contributed by atoms with E-state index in [2.05, 4.69) is 20.9 Å². The van der Waals surface area contributed by atoms with Crippen LogP contribution in [0.15, 0.2) is 4.47 Å². The number of nitrogens with zero attached hydrogens (tertiary/aromatic N) is 2. The van der Waals surface area contributed by atoms with Gasteiger partial charge < -0.3 is 4.57 Å². The second-order valence-electron chi connectivity index (χ2n) is 2.48. The summed E-state index contributed by atoms with van der Waals surface area (Å²) >= 11 is 3.40. The Morgan fingerprint density at radius 3 is 2.55 bits per heavy atom. The molecule has 0 saturated carbocycles. The lowest BCUT2D eigenvalue weighted by Crippen LogP contribution is -2.23. The van der Waals surface area contributed by atoms with Gasteiger partial charge in [-0.1, -0.05) is 0 Å². The van der Waals surface area contributed by atoms with Crippen molar-refractivity contribution in [2.24, 2.45) is 7.05 Å². The predicted molar refractivity (Wildman–Crippen MR) is 46.2 cm³/mol. The molecule has 0 unspecified atom stereocenters. The van der Waals surface area contributed by atoms with Crippen LogP contribution in [0.25, 0.3) is 0 Å². The molecule has 0 aliphatic rings. The molecule has 1 rings (SSSR count). The molecule has 3 nitrogen and oxygen atoms in total. The smallest absolute Gasteiger partial charge is 0.222 e. The van der Waals surface area contributed by atoms with Crippen LogP contribution < -0.4 is 5.62 Å². The molecule has 0 amide bonds. The van der Waals surface area contributed by atoms with Crippen LogP contribution >= 0.6 is 15.9 Å². The Kier molecular flexibility index (Phi) is 2.13. The van der Waals surface area contributed by atoms with Gasteiger partial charge in [-0.05, 0) is 29.8 Å². The van der Waals surface area contributed by atoms with Gasteiger partial charge in [-0.15, -0.1) is 0 Å². The first-order valence-electron chi connectivity index (χ1n) is 3.28. The molecule has 0 aromatic carbocycles. The van der Waals surface area contributed by atoms with Gasteiger partial charge in [-0.3, -0.25) is 5.41 Å². The van der Waals surface area contributed by atoms with E-state index in [1.165, 1.54) is 0 Å². The number of halogens is 1. The van der Waals surface area contributed by atoms with E-state index in [1.54, 1.807) is 4.57 Å². The lowest BCUT2D eigenvalue weighted by molar-refractivity contribution is 0.718. The van der Waals surface area contributed by atoms with Gasteiger partial charge >= 0.3 is 0 Å². The number of aryl methyl sites for hydroxylation is 1. The molecule has 11 heavy (non-hydrogen) atoms. The third-order valence-corrected chi connectivity index (χ3v) is 2.88. The largest absolute Gasteiger partial charge is 0.317 e. The first-order chi connectivity index (χ1) is 5.04. The maximum absolute atomic E-state index is 7.43. The van der Waals surface area contributed by atoms with Gasteiger partial charge in [0.1, 0.15) is 0 Å².